The van der Waals surface area contributed by atoms with Gasteiger partial charge in [-0.1, -0.05) is 11.6 Å². The molecule has 4 aromatic rings. The molecule has 5 heterocycles. The second kappa shape index (κ2) is 23.8. The number of anilines is 6. The number of carbonyl (C=O) groups is 5. The van der Waals surface area contributed by atoms with E-state index in [1.165, 1.54) is 28.0 Å². The summed E-state index contributed by atoms with van der Waals surface area (Å²) in [5, 5.41) is 10.6. The first kappa shape index (κ1) is 52.7. The third kappa shape index (κ3) is 13.1. The van der Waals surface area contributed by atoms with E-state index in [0.717, 1.165) is 82.0 Å². The summed E-state index contributed by atoms with van der Waals surface area (Å²) in [4.78, 5) is 80.7. The van der Waals surface area contributed by atoms with E-state index in [0.29, 0.717) is 63.2 Å². The third-order valence-corrected chi connectivity index (χ3v) is 13.6. The smallest absolute Gasteiger partial charge is 0.257 e. The lowest BCUT2D eigenvalue weighted by molar-refractivity contribution is -0.131. The molecule has 3 fully saturated rings. The van der Waals surface area contributed by atoms with Crippen LogP contribution in [0.3, 0.4) is 0 Å². The first-order valence-corrected chi connectivity index (χ1v) is 24.2. The predicted molar refractivity (Wildman–Crippen MR) is 276 cm³/mol. The number of halogens is 1. The fraction of sp³-hybridized carbons (Fsp3) is 0.471. The van der Waals surface area contributed by atoms with E-state index in [1.54, 1.807) is 79.5 Å². The Balaban J connectivity index is 0.000000231. The highest BCUT2D eigenvalue weighted by atomic mass is 35.5. The number of pyridine rings is 2. The molecule has 3 saturated heterocycles. The van der Waals surface area contributed by atoms with Crippen molar-refractivity contribution in [1.82, 2.24) is 34.5 Å². The molecule has 0 radical (unpaired) electrons. The highest BCUT2D eigenvalue weighted by Gasteiger charge is 2.29. The molecular weight excluding hydrogens is 912 g/mol. The van der Waals surface area contributed by atoms with Gasteiger partial charge in [-0.05, 0) is 88.4 Å². The van der Waals surface area contributed by atoms with Crippen LogP contribution in [0.2, 0.25) is 5.02 Å². The molecule has 0 bridgehead atoms. The number of nitrogens with zero attached hydrogens (tertiary/aromatic N) is 8. The van der Waals surface area contributed by atoms with Crippen molar-refractivity contribution in [3.05, 3.63) is 88.2 Å². The fourth-order valence-electron chi connectivity index (χ4n) is 9.27. The minimum absolute atomic E-state index is 0.0355. The lowest BCUT2D eigenvalue weighted by atomic mass is 9.97. The molecular formula is C51H69ClN12O6. The molecule has 2 aromatic heterocycles. The zero-order chi connectivity index (χ0) is 50.8. The van der Waals surface area contributed by atoms with Gasteiger partial charge >= 0.3 is 0 Å². The van der Waals surface area contributed by atoms with Gasteiger partial charge in [0, 0.05) is 147 Å². The van der Waals surface area contributed by atoms with Crippen LogP contribution in [0.15, 0.2) is 60.9 Å². The molecule has 19 heteroatoms. The van der Waals surface area contributed by atoms with Crippen molar-refractivity contribution >= 4 is 75.5 Å². The van der Waals surface area contributed by atoms with E-state index in [4.69, 9.17) is 27.1 Å². The average Bonchev–Trinajstić information content (AvgIpc) is 3.77. The zero-order valence-electron chi connectivity index (χ0n) is 42.0. The summed E-state index contributed by atoms with van der Waals surface area (Å²) >= 11 is 6.31. The van der Waals surface area contributed by atoms with Gasteiger partial charge in [0.15, 0.2) is 0 Å². The number of piperidine rings is 2. The largest absolute Gasteiger partial charge is 0.496 e. The molecule has 3 atom stereocenters. The van der Waals surface area contributed by atoms with Gasteiger partial charge in [0.05, 0.1) is 34.5 Å². The lowest BCUT2D eigenvalue weighted by Crippen LogP contribution is -2.48. The summed E-state index contributed by atoms with van der Waals surface area (Å²) in [6, 6.07) is 14.7. The van der Waals surface area contributed by atoms with E-state index in [-0.39, 0.29) is 29.7 Å². The minimum atomic E-state index is -0.579. The summed E-state index contributed by atoms with van der Waals surface area (Å²) in [6.07, 6.45) is 9.63. The first-order valence-electron chi connectivity index (χ1n) is 23.8. The predicted octanol–water partition coefficient (Wildman–Crippen LogP) is 6.70. The molecule has 3 aliphatic rings. The molecule has 2 aromatic carbocycles. The number of likely N-dealkylation sites (N-methyl/N-ethyl adjacent to an activating group) is 1. The Hall–Kier alpha value is -6.66. The number of aromatic nitrogens is 2. The summed E-state index contributed by atoms with van der Waals surface area (Å²) < 4.78 is 5.49. The molecule has 7 rings (SSSR count). The number of rotatable bonds is 14. The molecule has 1 unspecified atom stereocenters. The maximum Gasteiger partial charge on any atom is 0.257 e. The second-order valence-electron chi connectivity index (χ2n) is 18.7. The van der Waals surface area contributed by atoms with E-state index >= 15 is 0 Å². The Bertz CT molecular complexity index is 2540. The van der Waals surface area contributed by atoms with Crippen LogP contribution in [0.1, 0.15) is 95.1 Å². The van der Waals surface area contributed by atoms with Crippen molar-refractivity contribution in [2.75, 3.05) is 110 Å². The van der Waals surface area contributed by atoms with Crippen molar-refractivity contribution < 1.29 is 28.7 Å². The highest BCUT2D eigenvalue weighted by Crippen LogP contribution is 2.37. The van der Waals surface area contributed by atoms with Crippen molar-refractivity contribution in [3.63, 3.8) is 0 Å². The monoisotopic (exact) mass is 981 g/mol. The SMILES string of the molecule is CC(=O)N1CCC[C@@H](N(C)c2cc(Nc3ccc(C(=O)N(C)C)c(Cl)c3)ncc2C(N)=O)C1.COc1cc(Nc2cc(NCC3CCCN(C(C)=O)C3)c([C@H]3CCCN3C)cn2)ccc1C(=O)N(C)C. The van der Waals surface area contributed by atoms with Crippen LogP contribution in [-0.2, 0) is 9.59 Å². The maximum absolute atomic E-state index is 12.5. The van der Waals surface area contributed by atoms with Crippen LogP contribution in [0, 0.1) is 5.92 Å². The number of nitrogens with one attached hydrogen (secondary N) is 3. The summed E-state index contributed by atoms with van der Waals surface area (Å²) in [5.41, 5.74) is 11.2. The number of hydrogen-bond donors (Lipinski definition) is 4. The average molecular weight is 982 g/mol. The molecule has 70 heavy (non-hydrogen) atoms. The van der Waals surface area contributed by atoms with Crippen LogP contribution in [-0.4, -0.2) is 159 Å². The van der Waals surface area contributed by atoms with Crippen LogP contribution in [0.4, 0.5) is 34.4 Å². The number of benzene rings is 2. The number of ether oxygens (including phenoxy) is 1. The zero-order valence-corrected chi connectivity index (χ0v) is 42.7. The number of likely N-dealkylation sites (tertiary alicyclic amines) is 3. The number of nitrogens with two attached hydrogens (primary N) is 1. The van der Waals surface area contributed by atoms with Crippen molar-refractivity contribution in [2.45, 2.75) is 64.5 Å². The second-order valence-corrected chi connectivity index (χ2v) is 19.1. The van der Waals surface area contributed by atoms with Gasteiger partial charge in [0.25, 0.3) is 17.7 Å². The van der Waals surface area contributed by atoms with Gasteiger partial charge < -0.3 is 50.9 Å². The van der Waals surface area contributed by atoms with Crippen LogP contribution >= 0.6 is 11.6 Å². The van der Waals surface area contributed by atoms with Gasteiger partial charge in [-0.2, -0.15) is 0 Å². The van der Waals surface area contributed by atoms with Crippen LogP contribution in [0.5, 0.6) is 5.75 Å². The molecule has 376 valence electrons. The summed E-state index contributed by atoms with van der Waals surface area (Å²) in [6.45, 7) is 8.08. The minimum Gasteiger partial charge on any atom is -0.496 e. The van der Waals surface area contributed by atoms with Gasteiger partial charge in [0.1, 0.15) is 17.4 Å². The van der Waals surface area contributed by atoms with Crippen molar-refractivity contribution in [2.24, 2.45) is 11.7 Å². The van der Waals surface area contributed by atoms with Gasteiger partial charge in [-0.3, -0.25) is 28.9 Å². The number of methoxy groups -OCH3 is 1. The third-order valence-electron chi connectivity index (χ3n) is 13.3. The van der Waals surface area contributed by atoms with Gasteiger partial charge in [0.2, 0.25) is 11.8 Å². The van der Waals surface area contributed by atoms with E-state index in [9.17, 15) is 24.0 Å². The Morgan fingerprint density at radius 2 is 1.33 bits per heavy atom. The van der Waals surface area contributed by atoms with Crippen LogP contribution < -0.4 is 31.3 Å². The maximum atomic E-state index is 12.5. The Morgan fingerprint density at radius 3 is 1.93 bits per heavy atom. The topological polar surface area (TPSA) is 202 Å². The fourth-order valence-corrected chi connectivity index (χ4v) is 9.53. The Labute approximate surface area is 416 Å². The van der Waals surface area contributed by atoms with Crippen LogP contribution in [0.25, 0.3) is 0 Å². The van der Waals surface area contributed by atoms with E-state index in [1.807, 2.05) is 40.1 Å². The molecule has 18 nitrogen and oxygen atoms in total. The summed E-state index contributed by atoms with van der Waals surface area (Å²) in [7, 11) is 12.4. The Kier molecular flexibility index (Phi) is 17.9. The number of amides is 5. The highest BCUT2D eigenvalue weighted by molar-refractivity contribution is 6.34. The Morgan fingerprint density at radius 1 is 0.743 bits per heavy atom. The standard InChI is InChI=1S/C28H40N6O3.C23H29ClN6O3/c1-19(35)34-13-6-8-20(18-34)16-29-24-15-27(30-17-23(24)25-9-7-12-33(25)4)31-21-10-11-22(26(14-21)37-5)28(36)32(2)3;1-14(31)30-9-5-6-16(13-30)29(4)20-11-21(26-12-18(20)22(25)32)27-15-7-8-17(19(24)10-15)23(33)28(2)3/h10-11,14-15,17,20,25H,6-9,12-13,16,18H2,1-5H3,(H2,29,30,31);7-8,10-12,16H,5-6,9,13H2,1-4H3,(H2,25,32)(H,26,27)/t20?,25-;16-/m11/s1. The molecule has 3 aliphatic heterocycles. The molecule has 0 saturated carbocycles. The molecule has 5 N–H and O–H groups in total. The van der Waals surface area contributed by atoms with Crippen molar-refractivity contribution in [3.8, 4) is 5.75 Å². The number of carbonyl (C=O) groups excluding carboxylic acids is 5. The first-order chi connectivity index (χ1) is 33.3. The molecule has 5 amide bonds. The van der Waals surface area contributed by atoms with Gasteiger partial charge in [-0.25, -0.2) is 9.97 Å². The lowest BCUT2D eigenvalue weighted by Gasteiger charge is -2.38. The quantitative estimate of drug-likeness (QED) is 0.104. The van der Waals surface area contributed by atoms with Gasteiger partial charge in [-0.15, -0.1) is 0 Å². The van der Waals surface area contributed by atoms with E-state index in [2.05, 4.69) is 38.9 Å². The number of primary amides is 1. The normalized spacial score (nSPS) is 17.9. The van der Waals surface area contributed by atoms with E-state index < -0.39 is 5.91 Å². The molecule has 0 aliphatic carbocycles. The van der Waals surface area contributed by atoms with Crippen molar-refractivity contribution in [1.29, 1.82) is 0 Å². The summed E-state index contributed by atoms with van der Waals surface area (Å²) in [5.74, 6) is 1.45. The molecule has 0 spiro atoms. The number of hydrogen-bond acceptors (Lipinski definition) is 13.